The number of anilines is 1. The molecule has 92 valence electrons. The van der Waals surface area contributed by atoms with Crippen molar-refractivity contribution in [3.8, 4) is 0 Å². The van der Waals surface area contributed by atoms with Crippen molar-refractivity contribution >= 4 is 27.4 Å². The van der Waals surface area contributed by atoms with Crippen molar-refractivity contribution < 1.29 is 9.84 Å². The molecule has 0 saturated carbocycles. The van der Waals surface area contributed by atoms with E-state index in [1.807, 2.05) is 0 Å². The Hall–Kier alpha value is -1.24. The quantitative estimate of drug-likeness (QED) is 0.762. The minimum absolute atomic E-state index is 0.0570. The van der Waals surface area contributed by atoms with Crippen molar-refractivity contribution in [2.75, 3.05) is 31.7 Å². The third-order valence-corrected chi connectivity index (χ3v) is 3.19. The monoisotopic (exact) mass is 253 g/mol. The highest BCUT2D eigenvalue weighted by molar-refractivity contribution is 7.18. The summed E-state index contributed by atoms with van der Waals surface area (Å²) in [5, 5.41) is 12.8. The van der Waals surface area contributed by atoms with Gasteiger partial charge in [0.25, 0.3) is 0 Å². The highest BCUT2D eigenvalue weighted by Gasteiger charge is 2.05. The van der Waals surface area contributed by atoms with Gasteiger partial charge in [0.15, 0.2) is 0 Å². The Bertz CT molecular complexity index is 487. The maximum Gasteiger partial charge on any atom is 0.138 e. The van der Waals surface area contributed by atoms with E-state index in [9.17, 15) is 0 Å². The molecule has 2 aromatic heterocycles. The molecule has 0 spiro atoms. The molecule has 0 aliphatic heterocycles. The maximum absolute atomic E-state index is 8.56. The highest BCUT2D eigenvalue weighted by atomic mass is 32.1. The predicted molar refractivity (Wildman–Crippen MR) is 68.5 cm³/mol. The molecular formula is C11H15N3O2S. The molecule has 5 nitrogen and oxygen atoms in total. The van der Waals surface area contributed by atoms with Crippen LogP contribution >= 0.6 is 11.3 Å². The van der Waals surface area contributed by atoms with Crippen LogP contribution in [0.1, 0.15) is 4.88 Å². The van der Waals surface area contributed by atoms with Gasteiger partial charge in [-0.15, -0.1) is 11.3 Å². The van der Waals surface area contributed by atoms with E-state index in [1.54, 1.807) is 17.7 Å². The summed E-state index contributed by atoms with van der Waals surface area (Å²) in [7, 11) is 0. The van der Waals surface area contributed by atoms with Gasteiger partial charge in [0.2, 0.25) is 0 Å². The van der Waals surface area contributed by atoms with E-state index in [0.717, 1.165) is 16.0 Å². The molecule has 0 fully saturated rings. The topological polar surface area (TPSA) is 67.3 Å². The highest BCUT2D eigenvalue weighted by Crippen LogP contribution is 2.27. The number of thiophene rings is 1. The largest absolute Gasteiger partial charge is 0.394 e. The number of hydrogen-bond acceptors (Lipinski definition) is 6. The molecule has 0 radical (unpaired) electrons. The molecule has 2 heterocycles. The Labute approximate surface area is 103 Å². The Morgan fingerprint density at radius 2 is 2.29 bits per heavy atom. The van der Waals surface area contributed by atoms with Crippen molar-refractivity contribution in [2.45, 2.75) is 6.92 Å². The second-order valence-electron chi connectivity index (χ2n) is 3.56. The Morgan fingerprint density at radius 3 is 3.12 bits per heavy atom. The lowest BCUT2D eigenvalue weighted by atomic mass is 10.3. The van der Waals surface area contributed by atoms with Crippen LogP contribution < -0.4 is 5.32 Å². The van der Waals surface area contributed by atoms with Gasteiger partial charge in [-0.2, -0.15) is 0 Å². The number of fused-ring (bicyclic) bond motifs is 1. The maximum atomic E-state index is 8.56. The number of aryl methyl sites for hydroxylation is 1. The zero-order valence-corrected chi connectivity index (χ0v) is 10.5. The number of aliphatic hydroxyl groups excluding tert-OH is 1. The molecule has 0 aliphatic rings. The van der Waals surface area contributed by atoms with Crippen LogP contribution in [0.3, 0.4) is 0 Å². The zero-order valence-electron chi connectivity index (χ0n) is 9.64. The molecule has 0 unspecified atom stereocenters. The molecule has 6 heteroatoms. The van der Waals surface area contributed by atoms with Gasteiger partial charge in [0.05, 0.1) is 25.2 Å². The number of ether oxygens (including phenoxy) is 1. The van der Waals surface area contributed by atoms with E-state index in [2.05, 4.69) is 28.3 Å². The summed E-state index contributed by atoms with van der Waals surface area (Å²) in [5.74, 6) is 0.840. The summed E-state index contributed by atoms with van der Waals surface area (Å²) < 4.78 is 5.17. The van der Waals surface area contributed by atoms with Crippen molar-refractivity contribution in [1.29, 1.82) is 0 Å². The molecule has 2 rings (SSSR count). The van der Waals surface area contributed by atoms with E-state index in [1.165, 1.54) is 4.88 Å². The van der Waals surface area contributed by atoms with Gasteiger partial charge < -0.3 is 15.2 Å². The minimum Gasteiger partial charge on any atom is -0.394 e. The number of hydrogen-bond donors (Lipinski definition) is 2. The van der Waals surface area contributed by atoms with Gasteiger partial charge in [0, 0.05) is 11.4 Å². The third kappa shape index (κ3) is 3.12. The van der Waals surface area contributed by atoms with Crippen molar-refractivity contribution in [2.24, 2.45) is 0 Å². The van der Waals surface area contributed by atoms with Crippen LogP contribution in [0.15, 0.2) is 12.4 Å². The number of nitrogens with zero attached hydrogens (tertiary/aromatic N) is 2. The third-order valence-electron chi connectivity index (χ3n) is 2.23. The first-order valence-corrected chi connectivity index (χ1v) is 6.26. The van der Waals surface area contributed by atoms with Gasteiger partial charge in [-0.1, -0.05) is 0 Å². The van der Waals surface area contributed by atoms with Crippen molar-refractivity contribution in [3.63, 3.8) is 0 Å². The summed E-state index contributed by atoms with van der Waals surface area (Å²) in [6.45, 7) is 3.70. The second-order valence-corrected chi connectivity index (χ2v) is 4.80. The average molecular weight is 253 g/mol. The van der Waals surface area contributed by atoms with Gasteiger partial charge >= 0.3 is 0 Å². The molecular weight excluding hydrogens is 238 g/mol. The van der Waals surface area contributed by atoms with Crippen LogP contribution in [0.2, 0.25) is 0 Å². The standard InChI is InChI=1S/C11H15N3O2S/c1-8-6-9-10(12-2-4-16-5-3-15)13-7-14-11(9)17-8/h6-7,15H,2-5H2,1H3,(H,12,13,14). The average Bonchev–Trinajstić information content (AvgIpc) is 2.70. The normalized spacial score (nSPS) is 10.9. The van der Waals surface area contributed by atoms with E-state index in [0.29, 0.717) is 19.8 Å². The van der Waals surface area contributed by atoms with Gasteiger partial charge in [-0.3, -0.25) is 0 Å². The summed E-state index contributed by atoms with van der Waals surface area (Å²) in [5.41, 5.74) is 0. The lowest BCUT2D eigenvalue weighted by Gasteiger charge is -2.06. The van der Waals surface area contributed by atoms with E-state index in [-0.39, 0.29) is 6.61 Å². The van der Waals surface area contributed by atoms with Crippen molar-refractivity contribution in [1.82, 2.24) is 9.97 Å². The number of nitrogens with one attached hydrogen (secondary N) is 1. The first-order valence-electron chi connectivity index (χ1n) is 5.45. The van der Waals surface area contributed by atoms with Gasteiger partial charge in [0.1, 0.15) is 17.0 Å². The fourth-order valence-corrected chi connectivity index (χ4v) is 2.37. The summed E-state index contributed by atoms with van der Waals surface area (Å²) in [4.78, 5) is 10.7. The fourth-order valence-electron chi connectivity index (χ4n) is 1.53. The molecule has 0 bridgehead atoms. The Kier molecular flexibility index (Phi) is 4.24. The molecule has 0 saturated heterocycles. The lowest BCUT2D eigenvalue weighted by molar-refractivity contribution is 0.0992. The summed E-state index contributed by atoms with van der Waals surface area (Å²) in [6, 6.07) is 2.08. The fraction of sp³-hybridized carbons (Fsp3) is 0.455. The predicted octanol–water partition coefficient (Wildman–Crippen LogP) is 1.42. The summed E-state index contributed by atoms with van der Waals surface area (Å²) >= 11 is 1.66. The molecule has 2 N–H and O–H groups in total. The summed E-state index contributed by atoms with van der Waals surface area (Å²) in [6.07, 6.45) is 1.56. The molecule has 2 aromatic rings. The molecule has 0 aliphatic carbocycles. The molecule has 0 atom stereocenters. The second kappa shape index (κ2) is 5.90. The van der Waals surface area contributed by atoms with Gasteiger partial charge in [-0.05, 0) is 13.0 Å². The molecule has 0 aromatic carbocycles. The van der Waals surface area contributed by atoms with Crippen LogP contribution in [-0.4, -0.2) is 41.4 Å². The zero-order chi connectivity index (χ0) is 12.1. The van der Waals surface area contributed by atoms with E-state index >= 15 is 0 Å². The Balaban J connectivity index is 1.98. The number of rotatable bonds is 6. The van der Waals surface area contributed by atoms with Crippen LogP contribution in [0, 0.1) is 6.92 Å². The van der Waals surface area contributed by atoms with Crippen molar-refractivity contribution in [3.05, 3.63) is 17.3 Å². The van der Waals surface area contributed by atoms with Crippen LogP contribution in [0.5, 0.6) is 0 Å². The molecule has 0 amide bonds. The first kappa shape index (κ1) is 12.2. The number of aromatic nitrogens is 2. The van der Waals surface area contributed by atoms with Crippen LogP contribution in [0.25, 0.3) is 10.2 Å². The van der Waals surface area contributed by atoms with E-state index < -0.39 is 0 Å². The first-order chi connectivity index (χ1) is 8.31. The van der Waals surface area contributed by atoms with Gasteiger partial charge in [-0.25, -0.2) is 9.97 Å². The van der Waals surface area contributed by atoms with Crippen LogP contribution in [-0.2, 0) is 4.74 Å². The Morgan fingerprint density at radius 1 is 1.41 bits per heavy atom. The lowest BCUT2D eigenvalue weighted by Crippen LogP contribution is -2.12. The molecule has 17 heavy (non-hydrogen) atoms. The minimum atomic E-state index is 0.0570. The van der Waals surface area contributed by atoms with E-state index in [4.69, 9.17) is 9.84 Å². The van der Waals surface area contributed by atoms with Crippen LogP contribution in [0.4, 0.5) is 5.82 Å². The SMILES string of the molecule is Cc1cc2c(NCCOCCO)ncnc2s1. The smallest absolute Gasteiger partial charge is 0.138 e. The number of aliphatic hydroxyl groups is 1.